The highest BCUT2D eigenvalue weighted by Crippen LogP contribution is 2.29. The maximum absolute atomic E-state index is 14.0. The summed E-state index contributed by atoms with van der Waals surface area (Å²) in [6, 6.07) is 8.04. The number of hydrogen-bond donors (Lipinski definition) is 2. The van der Waals surface area contributed by atoms with Crippen LogP contribution < -0.4 is 10.6 Å². The van der Waals surface area contributed by atoms with Crippen molar-refractivity contribution < 1.29 is 9.18 Å². The molecule has 6 nitrogen and oxygen atoms in total. The minimum Gasteiger partial charge on any atom is -0.354 e. The number of para-hydroxylation sites is 1. The first-order valence-corrected chi connectivity index (χ1v) is 9.18. The van der Waals surface area contributed by atoms with Crippen LogP contribution in [0.4, 0.5) is 15.8 Å². The summed E-state index contributed by atoms with van der Waals surface area (Å²) < 4.78 is 15.6. The Labute approximate surface area is 162 Å². The van der Waals surface area contributed by atoms with Crippen molar-refractivity contribution in [1.82, 2.24) is 20.1 Å². The molecular formula is C18H13ClFN5OS. The first-order valence-electron chi connectivity index (χ1n) is 7.92. The molecule has 27 heavy (non-hydrogen) atoms. The molecule has 0 aliphatic rings. The SMILES string of the molecule is CNC(=O)c1cc(-n2ncc3cc(Nc4c(F)cccc4Cl)cnc32)cs1. The number of amides is 1. The van der Waals surface area contributed by atoms with Gasteiger partial charge in [0, 0.05) is 17.8 Å². The maximum atomic E-state index is 14.0. The van der Waals surface area contributed by atoms with E-state index in [1.54, 1.807) is 48.4 Å². The molecule has 136 valence electrons. The van der Waals surface area contributed by atoms with Crippen molar-refractivity contribution >= 4 is 51.3 Å². The van der Waals surface area contributed by atoms with E-state index in [-0.39, 0.29) is 16.6 Å². The minimum atomic E-state index is -0.446. The molecule has 3 heterocycles. The molecule has 4 aromatic rings. The first-order chi connectivity index (χ1) is 13.1. The van der Waals surface area contributed by atoms with Crippen LogP contribution in [0.2, 0.25) is 5.02 Å². The number of benzene rings is 1. The van der Waals surface area contributed by atoms with Crippen molar-refractivity contribution in [1.29, 1.82) is 0 Å². The molecule has 9 heteroatoms. The van der Waals surface area contributed by atoms with Gasteiger partial charge >= 0.3 is 0 Å². The van der Waals surface area contributed by atoms with Crippen molar-refractivity contribution in [2.75, 3.05) is 12.4 Å². The van der Waals surface area contributed by atoms with E-state index >= 15 is 0 Å². The lowest BCUT2D eigenvalue weighted by molar-refractivity contribution is 0.0967. The van der Waals surface area contributed by atoms with Crippen molar-refractivity contribution in [3.8, 4) is 5.69 Å². The highest BCUT2D eigenvalue weighted by Gasteiger charge is 2.13. The van der Waals surface area contributed by atoms with Gasteiger partial charge in [0.1, 0.15) is 5.82 Å². The van der Waals surface area contributed by atoms with Crippen LogP contribution >= 0.6 is 22.9 Å². The van der Waals surface area contributed by atoms with Gasteiger partial charge in [-0.15, -0.1) is 11.3 Å². The average Bonchev–Trinajstić information content (AvgIpc) is 3.30. The third-order valence-corrected chi connectivity index (χ3v) is 5.15. The van der Waals surface area contributed by atoms with E-state index in [9.17, 15) is 9.18 Å². The number of anilines is 2. The number of pyridine rings is 1. The van der Waals surface area contributed by atoms with E-state index in [4.69, 9.17) is 11.6 Å². The Morgan fingerprint density at radius 2 is 2.15 bits per heavy atom. The van der Waals surface area contributed by atoms with Gasteiger partial charge in [0.05, 0.1) is 39.4 Å². The number of thiophene rings is 1. The van der Waals surface area contributed by atoms with Gasteiger partial charge in [-0.25, -0.2) is 14.1 Å². The fourth-order valence-corrected chi connectivity index (χ4v) is 3.64. The minimum absolute atomic E-state index is 0.149. The molecule has 0 spiro atoms. The highest BCUT2D eigenvalue weighted by atomic mass is 35.5. The van der Waals surface area contributed by atoms with Crippen LogP contribution in [-0.4, -0.2) is 27.7 Å². The molecule has 2 N–H and O–H groups in total. The summed E-state index contributed by atoms with van der Waals surface area (Å²) in [5.74, 6) is -0.595. The second-order valence-corrected chi connectivity index (χ2v) is 6.98. The monoisotopic (exact) mass is 401 g/mol. The number of halogens is 2. The molecule has 1 amide bonds. The van der Waals surface area contributed by atoms with E-state index in [0.29, 0.717) is 16.2 Å². The van der Waals surface area contributed by atoms with Gasteiger partial charge in [-0.3, -0.25) is 4.79 Å². The lowest BCUT2D eigenvalue weighted by Crippen LogP contribution is -2.16. The maximum Gasteiger partial charge on any atom is 0.261 e. The van der Waals surface area contributed by atoms with Crippen molar-refractivity contribution in [2.45, 2.75) is 0 Å². The number of rotatable bonds is 4. The summed E-state index contributed by atoms with van der Waals surface area (Å²) in [4.78, 5) is 16.7. The van der Waals surface area contributed by atoms with Crippen molar-refractivity contribution in [2.24, 2.45) is 0 Å². The van der Waals surface area contributed by atoms with Crippen LogP contribution in [-0.2, 0) is 0 Å². The largest absolute Gasteiger partial charge is 0.354 e. The lowest BCUT2D eigenvalue weighted by atomic mass is 10.2. The van der Waals surface area contributed by atoms with Crippen LogP contribution in [0.15, 0.2) is 48.1 Å². The van der Waals surface area contributed by atoms with Gasteiger partial charge in [-0.2, -0.15) is 5.10 Å². The highest BCUT2D eigenvalue weighted by molar-refractivity contribution is 7.12. The summed E-state index contributed by atoms with van der Waals surface area (Å²) in [6.07, 6.45) is 3.24. The molecule has 0 radical (unpaired) electrons. The van der Waals surface area contributed by atoms with Crippen LogP contribution in [0.1, 0.15) is 9.67 Å². The summed E-state index contributed by atoms with van der Waals surface area (Å²) in [5.41, 5.74) is 2.16. The van der Waals surface area contributed by atoms with Gasteiger partial charge < -0.3 is 10.6 Å². The molecule has 0 atom stereocenters. The van der Waals surface area contributed by atoms with Gasteiger partial charge in [0.2, 0.25) is 0 Å². The Morgan fingerprint density at radius 3 is 2.93 bits per heavy atom. The molecule has 0 aliphatic carbocycles. The van der Waals surface area contributed by atoms with Crippen LogP contribution in [0.5, 0.6) is 0 Å². The quantitative estimate of drug-likeness (QED) is 0.532. The summed E-state index contributed by atoms with van der Waals surface area (Å²) >= 11 is 7.38. The van der Waals surface area contributed by atoms with Gasteiger partial charge in [0.15, 0.2) is 5.65 Å². The van der Waals surface area contributed by atoms with Crippen LogP contribution in [0.25, 0.3) is 16.7 Å². The van der Waals surface area contributed by atoms with Crippen LogP contribution in [0, 0.1) is 5.82 Å². The number of nitrogens with one attached hydrogen (secondary N) is 2. The standard InChI is InChI=1S/C18H13ClFN5OS/c1-21-18(26)15-6-12(9-27-15)25-17-10(7-23-25)5-11(8-22-17)24-16-13(19)3-2-4-14(16)20/h2-9,24H,1H3,(H,21,26). The van der Waals surface area contributed by atoms with Crippen LogP contribution in [0.3, 0.4) is 0 Å². The number of carbonyl (C=O) groups is 1. The predicted molar refractivity (Wildman–Crippen MR) is 105 cm³/mol. The molecule has 3 aromatic heterocycles. The fourth-order valence-electron chi connectivity index (χ4n) is 2.62. The van der Waals surface area contributed by atoms with Crippen molar-refractivity contribution in [3.05, 3.63) is 63.8 Å². The van der Waals surface area contributed by atoms with Gasteiger partial charge in [-0.05, 0) is 24.3 Å². The van der Waals surface area contributed by atoms with Gasteiger partial charge in [-0.1, -0.05) is 17.7 Å². The Bertz CT molecular complexity index is 1140. The van der Waals surface area contributed by atoms with E-state index in [2.05, 4.69) is 20.7 Å². The second kappa shape index (κ2) is 6.98. The Kier molecular flexibility index (Phi) is 4.51. The molecular weight excluding hydrogens is 389 g/mol. The lowest BCUT2D eigenvalue weighted by Gasteiger charge is -2.09. The molecule has 1 aromatic carbocycles. The summed E-state index contributed by atoms with van der Waals surface area (Å²) in [7, 11) is 1.59. The topological polar surface area (TPSA) is 71.8 Å². The fraction of sp³-hybridized carbons (Fsp3) is 0.0556. The molecule has 0 saturated carbocycles. The van der Waals surface area contributed by atoms with E-state index in [0.717, 1.165) is 11.1 Å². The van der Waals surface area contributed by atoms with Crippen molar-refractivity contribution in [3.63, 3.8) is 0 Å². The summed E-state index contributed by atoms with van der Waals surface area (Å²) in [6.45, 7) is 0. The number of hydrogen-bond acceptors (Lipinski definition) is 5. The third kappa shape index (κ3) is 3.24. The zero-order valence-corrected chi connectivity index (χ0v) is 15.6. The Hall–Kier alpha value is -2.97. The number of carbonyl (C=O) groups excluding carboxylic acids is 1. The number of fused-ring (bicyclic) bond motifs is 1. The number of aromatic nitrogens is 3. The normalized spacial score (nSPS) is 10.9. The zero-order valence-electron chi connectivity index (χ0n) is 14.0. The van der Waals surface area contributed by atoms with E-state index < -0.39 is 5.82 Å². The smallest absolute Gasteiger partial charge is 0.261 e. The molecule has 0 unspecified atom stereocenters. The Morgan fingerprint density at radius 1 is 1.30 bits per heavy atom. The van der Waals surface area contributed by atoms with E-state index in [1.165, 1.54) is 17.4 Å². The predicted octanol–water partition coefficient (Wildman–Crippen LogP) is 4.38. The number of nitrogens with zero attached hydrogens (tertiary/aromatic N) is 3. The summed E-state index contributed by atoms with van der Waals surface area (Å²) in [5, 5.41) is 12.8. The molecule has 0 fully saturated rings. The third-order valence-electron chi connectivity index (χ3n) is 3.92. The Balaban J connectivity index is 1.68. The molecule has 0 aliphatic heterocycles. The van der Waals surface area contributed by atoms with E-state index in [1.807, 2.05) is 5.38 Å². The van der Waals surface area contributed by atoms with Gasteiger partial charge in [0.25, 0.3) is 5.91 Å². The zero-order chi connectivity index (χ0) is 19.0. The second-order valence-electron chi connectivity index (χ2n) is 5.66. The molecule has 0 bridgehead atoms. The molecule has 4 rings (SSSR count). The first kappa shape index (κ1) is 17.4. The molecule has 0 saturated heterocycles. The average molecular weight is 402 g/mol.